The summed E-state index contributed by atoms with van der Waals surface area (Å²) in [5.74, 6) is 0.0679. The first-order valence-electron chi connectivity index (χ1n) is 7.20. The molecule has 1 heterocycles. The maximum absolute atomic E-state index is 12.5. The molecule has 1 atom stereocenters. The van der Waals surface area contributed by atoms with Crippen LogP contribution in [0.3, 0.4) is 0 Å². The van der Waals surface area contributed by atoms with Gasteiger partial charge in [-0.2, -0.15) is 0 Å². The number of hydrogen-bond donors (Lipinski definition) is 1. The lowest BCUT2D eigenvalue weighted by molar-refractivity contribution is 0.0744. The number of thiophene rings is 1. The topological polar surface area (TPSA) is 46.3 Å². The number of hydrogen-bond acceptors (Lipinski definition) is 3. The third-order valence-corrected chi connectivity index (χ3v) is 4.59. The van der Waals surface area contributed by atoms with E-state index in [-0.39, 0.29) is 11.9 Å². The fourth-order valence-corrected chi connectivity index (χ4v) is 3.07. The van der Waals surface area contributed by atoms with Gasteiger partial charge in [-0.15, -0.1) is 11.3 Å². The maximum Gasteiger partial charge on any atom is 0.253 e. The van der Waals surface area contributed by atoms with Gasteiger partial charge in [0.1, 0.15) is 0 Å². The lowest BCUT2D eigenvalue weighted by Gasteiger charge is -2.24. The summed E-state index contributed by atoms with van der Waals surface area (Å²) in [5, 5.41) is 2.07. The van der Waals surface area contributed by atoms with E-state index in [4.69, 9.17) is 5.73 Å². The second-order valence-electron chi connectivity index (χ2n) is 5.28. The highest BCUT2D eigenvalue weighted by Crippen LogP contribution is 2.15. The smallest absolute Gasteiger partial charge is 0.253 e. The van der Waals surface area contributed by atoms with Crippen molar-refractivity contribution in [1.82, 2.24) is 4.90 Å². The Morgan fingerprint density at radius 1 is 1.29 bits per heavy atom. The van der Waals surface area contributed by atoms with Crippen molar-refractivity contribution in [3.05, 3.63) is 57.8 Å². The van der Waals surface area contributed by atoms with Gasteiger partial charge >= 0.3 is 0 Å². The van der Waals surface area contributed by atoms with Crippen molar-refractivity contribution in [3.8, 4) is 0 Å². The third-order valence-electron chi connectivity index (χ3n) is 3.69. The zero-order valence-electron chi connectivity index (χ0n) is 12.6. The molecule has 2 rings (SSSR count). The molecule has 0 fully saturated rings. The van der Waals surface area contributed by atoms with Crippen LogP contribution >= 0.6 is 11.3 Å². The Morgan fingerprint density at radius 2 is 2.00 bits per heavy atom. The van der Waals surface area contributed by atoms with E-state index in [9.17, 15) is 4.79 Å². The van der Waals surface area contributed by atoms with Crippen molar-refractivity contribution in [1.29, 1.82) is 0 Å². The molecular weight excluding hydrogens is 280 g/mol. The van der Waals surface area contributed by atoms with Crippen LogP contribution in [0.25, 0.3) is 0 Å². The first kappa shape index (κ1) is 15.7. The van der Waals surface area contributed by atoms with Crippen LogP contribution in [0.5, 0.6) is 0 Å². The van der Waals surface area contributed by atoms with Gasteiger partial charge in [0.25, 0.3) is 5.91 Å². The molecule has 2 N–H and O–H groups in total. The molecule has 3 nitrogen and oxygen atoms in total. The van der Waals surface area contributed by atoms with Crippen LogP contribution in [0.2, 0.25) is 0 Å². The number of carbonyl (C=O) groups excluding carboxylic acids is 1. The Bertz CT molecular complexity index is 563. The van der Waals surface area contributed by atoms with Gasteiger partial charge in [-0.1, -0.05) is 18.2 Å². The van der Waals surface area contributed by atoms with Gasteiger partial charge < -0.3 is 10.6 Å². The van der Waals surface area contributed by atoms with Gasteiger partial charge in [0.2, 0.25) is 0 Å². The molecule has 1 aromatic carbocycles. The molecule has 0 radical (unpaired) electrons. The molecule has 0 aliphatic heterocycles. The summed E-state index contributed by atoms with van der Waals surface area (Å²) < 4.78 is 0. The van der Waals surface area contributed by atoms with Crippen LogP contribution in [0, 0.1) is 0 Å². The SMILES string of the molecule is CC(Cc1cccs1)N(C)C(=O)c1ccc(CCN)cc1. The predicted molar refractivity (Wildman–Crippen MR) is 88.8 cm³/mol. The normalized spacial score (nSPS) is 12.1. The average Bonchev–Trinajstić information content (AvgIpc) is 3.00. The second kappa shape index (κ2) is 7.38. The van der Waals surface area contributed by atoms with Crippen LogP contribution in [-0.4, -0.2) is 30.4 Å². The van der Waals surface area contributed by atoms with Gasteiger partial charge in [0.15, 0.2) is 0 Å². The molecule has 0 spiro atoms. The van der Waals surface area contributed by atoms with E-state index in [0.717, 1.165) is 18.4 Å². The Kier molecular flexibility index (Phi) is 5.53. The molecule has 4 heteroatoms. The van der Waals surface area contributed by atoms with Crippen LogP contribution < -0.4 is 5.73 Å². The summed E-state index contributed by atoms with van der Waals surface area (Å²) in [6.07, 6.45) is 1.74. The third kappa shape index (κ3) is 4.16. The van der Waals surface area contributed by atoms with Gasteiger partial charge in [0, 0.05) is 30.0 Å². The Morgan fingerprint density at radius 3 is 2.57 bits per heavy atom. The zero-order valence-corrected chi connectivity index (χ0v) is 13.4. The summed E-state index contributed by atoms with van der Waals surface area (Å²) in [4.78, 5) is 15.6. The minimum Gasteiger partial charge on any atom is -0.339 e. The highest BCUT2D eigenvalue weighted by atomic mass is 32.1. The molecule has 1 amide bonds. The van der Waals surface area contributed by atoms with Crippen LogP contribution in [0.4, 0.5) is 0 Å². The molecule has 0 bridgehead atoms. The molecule has 1 unspecified atom stereocenters. The largest absolute Gasteiger partial charge is 0.339 e. The van der Waals surface area contributed by atoms with Crippen molar-refractivity contribution in [2.75, 3.05) is 13.6 Å². The van der Waals surface area contributed by atoms with Crippen molar-refractivity contribution in [2.24, 2.45) is 5.73 Å². The van der Waals surface area contributed by atoms with Gasteiger partial charge in [-0.05, 0) is 49.0 Å². The molecule has 0 saturated heterocycles. The van der Waals surface area contributed by atoms with Crippen LogP contribution in [0.1, 0.15) is 27.7 Å². The molecule has 112 valence electrons. The monoisotopic (exact) mass is 302 g/mol. The molecule has 0 aliphatic rings. The number of rotatable bonds is 6. The van der Waals surface area contributed by atoms with E-state index < -0.39 is 0 Å². The van der Waals surface area contributed by atoms with E-state index in [0.29, 0.717) is 6.54 Å². The first-order chi connectivity index (χ1) is 10.1. The number of likely N-dealkylation sites (N-methyl/N-ethyl adjacent to an activating group) is 1. The van der Waals surface area contributed by atoms with Gasteiger partial charge in [-0.25, -0.2) is 0 Å². The summed E-state index contributed by atoms with van der Waals surface area (Å²) in [5.41, 5.74) is 7.44. The average molecular weight is 302 g/mol. The number of amides is 1. The number of benzene rings is 1. The van der Waals surface area contributed by atoms with E-state index >= 15 is 0 Å². The summed E-state index contributed by atoms with van der Waals surface area (Å²) in [7, 11) is 1.87. The minimum atomic E-state index is 0.0679. The van der Waals surface area contributed by atoms with Crippen molar-refractivity contribution in [3.63, 3.8) is 0 Å². The maximum atomic E-state index is 12.5. The van der Waals surface area contributed by atoms with E-state index in [1.54, 1.807) is 11.3 Å². The van der Waals surface area contributed by atoms with E-state index in [2.05, 4.69) is 18.4 Å². The van der Waals surface area contributed by atoms with Gasteiger partial charge in [-0.3, -0.25) is 4.79 Å². The van der Waals surface area contributed by atoms with Crippen molar-refractivity contribution >= 4 is 17.2 Å². The van der Waals surface area contributed by atoms with Gasteiger partial charge in [0.05, 0.1) is 0 Å². The fraction of sp³-hybridized carbons (Fsp3) is 0.353. The van der Waals surface area contributed by atoms with Crippen LogP contribution in [0.15, 0.2) is 41.8 Å². The summed E-state index contributed by atoms with van der Waals surface area (Å²) in [6.45, 7) is 2.71. The van der Waals surface area contributed by atoms with Crippen molar-refractivity contribution in [2.45, 2.75) is 25.8 Å². The molecule has 0 saturated carbocycles. The molecule has 21 heavy (non-hydrogen) atoms. The zero-order chi connectivity index (χ0) is 15.2. The highest BCUT2D eigenvalue weighted by Gasteiger charge is 2.18. The summed E-state index contributed by atoms with van der Waals surface area (Å²) in [6, 6.07) is 12.1. The minimum absolute atomic E-state index is 0.0679. The first-order valence-corrected chi connectivity index (χ1v) is 8.08. The Balaban J connectivity index is 2.00. The lowest BCUT2D eigenvalue weighted by Crippen LogP contribution is -2.36. The fourth-order valence-electron chi connectivity index (χ4n) is 2.24. The van der Waals surface area contributed by atoms with Crippen LogP contribution in [-0.2, 0) is 12.8 Å². The predicted octanol–water partition coefficient (Wildman–Crippen LogP) is 2.95. The molecule has 1 aromatic heterocycles. The molecular formula is C17H22N2OS. The Labute approximate surface area is 130 Å². The number of nitrogens with zero attached hydrogens (tertiary/aromatic N) is 1. The quantitative estimate of drug-likeness (QED) is 0.892. The number of carbonyl (C=O) groups is 1. The second-order valence-corrected chi connectivity index (χ2v) is 6.32. The highest BCUT2D eigenvalue weighted by molar-refractivity contribution is 7.09. The standard InChI is InChI=1S/C17H22N2OS/c1-13(12-16-4-3-11-21-16)19(2)17(20)15-7-5-14(6-8-15)9-10-18/h3-8,11,13H,9-10,12,18H2,1-2H3. The van der Waals surface area contributed by atoms with E-state index in [1.165, 1.54) is 10.4 Å². The number of nitrogens with two attached hydrogens (primary N) is 1. The van der Waals surface area contributed by atoms with E-state index in [1.807, 2.05) is 42.3 Å². The molecule has 2 aromatic rings. The van der Waals surface area contributed by atoms with Crippen molar-refractivity contribution < 1.29 is 4.79 Å². The summed E-state index contributed by atoms with van der Waals surface area (Å²) >= 11 is 1.73. The molecule has 0 aliphatic carbocycles. The Hall–Kier alpha value is -1.65. The lowest BCUT2D eigenvalue weighted by atomic mass is 10.1.